The van der Waals surface area contributed by atoms with Crippen LogP contribution in [0.5, 0.6) is 5.75 Å². The van der Waals surface area contributed by atoms with Gasteiger partial charge in [0.15, 0.2) is 22.1 Å². The summed E-state index contributed by atoms with van der Waals surface area (Å²) < 4.78 is 26.4. The van der Waals surface area contributed by atoms with Crippen molar-refractivity contribution in [3.8, 4) is 5.75 Å². The van der Waals surface area contributed by atoms with Crippen molar-refractivity contribution >= 4 is 44.3 Å². The number of hydrogen-bond acceptors (Lipinski definition) is 9. The molecule has 0 spiro atoms. The molecule has 184 valence electrons. The van der Waals surface area contributed by atoms with Crippen LogP contribution in [0.4, 0.5) is 5.69 Å². The van der Waals surface area contributed by atoms with Crippen LogP contribution in [0.15, 0.2) is 30.7 Å². The van der Waals surface area contributed by atoms with E-state index in [1.807, 2.05) is 0 Å². The molecule has 1 fully saturated rings. The Bertz CT molecular complexity index is 1420. The number of nitrogens with zero attached hydrogens (tertiary/aromatic N) is 2. The van der Waals surface area contributed by atoms with E-state index in [-0.39, 0.29) is 58.9 Å². The van der Waals surface area contributed by atoms with Crippen LogP contribution in [-0.4, -0.2) is 70.4 Å². The summed E-state index contributed by atoms with van der Waals surface area (Å²) >= 11 is 0. The number of nitrogens with two attached hydrogens (primary N) is 1. The third-order valence-electron chi connectivity index (χ3n) is 5.31. The van der Waals surface area contributed by atoms with Crippen LogP contribution < -0.4 is 21.1 Å². The van der Waals surface area contributed by atoms with Crippen LogP contribution in [0.25, 0.3) is 11.0 Å². The number of carboxylic acids is 1. The molecule has 1 atom stereocenters. The molecular formula is C21H22N6O7S. The lowest BCUT2D eigenvalue weighted by Crippen LogP contribution is -2.26. The molecule has 4 heterocycles. The van der Waals surface area contributed by atoms with E-state index in [0.717, 1.165) is 11.9 Å². The van der Waals surface area contributed by atoms with Gasteiger partial charge in [0.05, 0.1) is 22.7 Å². The van der Waals surface area contributed by atoms with E-state index in [1.54, 1.807) is 18.2 Å². The van der Waals surface area contributed by atoms with Crippen molar-refractivity contribution in [1.82, 2.24) is 20.3 Å². The van der Waals surface area contributed by atoms with Crippen LogP contribution in [-0.2, 0) is 21.2 Å². The fraction of sp³-hybridized carbons (Fsp3) is 0.286. The SMILES string of the molecule is NC1CCS(=O)(=O)C1.O=C1COc2ccc(CNC(=O)c3ncnc4c(C(=O)O)c[nH]c34)cc2N1. The van der Waals surface area contributed by atoms with Gasteiger partial charge in [0, 0.05) is 18.8 Å². The quantitative estimate of drug-likeness (QED) is 0.324. The number of benzene rings is 1. The van der Waals surface area contributed by atoms with Crippen LogP contribution in [0.1, 0.15) is 32.8 Å². The number of amides is 2. The van der Waals surface area contributed by atoms with E-state index in [4.69, 9.17) is 15.6 Å². The summed E-state index contributed by atoms with van der Waals surface area (Å²) in [6.07, 6.45) is 3.05. The van der Waals surface area contributed by atoms with Gasteiger partial charge in [-0.1, -0.05) is 6.07 Å². The second kappa shape index (κ2) is 9.68. The first-order chi connectivity index (χ1) is 16.6. The zero-order valence-corrected chi connectivity index (χ0v) is 19.1. The van der Waals surface area contributed by atoms with Gasteiger partial charge in [-0.3, -0.25) is 9.59 Å². The van der Waals surface area contributed by atoms with Gasteiger partial charge in [0.1, 0.15) is 23.2 Å². The minimum absolute atomic E-state index is 0.0265. The van der Waals surface area contributed by atoms with E-state index in [0.29, 0.717) is 17.9 Å². The van der Waals surface area contributed by atoms with Crippen molar-refractivity contribution in [2.75, 3.05) is 23.4 Å². The van der Waals surface area contributed by atoms with Crippen molar-refractivity contribution < 1.29 is 32.6 Å². The highest BCUT2D eigenvalue weighted by Crippen LogP contribution is 2.28. The number of rotatable bonds is 4. The number of fused-ring (bicyclic) bond motifs is 2. The Balaban J connectivity index is 0.000000308. The minimum atomic E-state index is -2.72. The molecule has 6 N–H and O–H groups in total. The molecule has 3 aromatic rings. The second-order valence-electron chi connectivity index (χ2n) is 7.97. The second-order valence-corrected chi connectivity index (χ2v) is 10.2. The Morgan fingerprint density at radius 3 is 2.74 bits per heavy atom. The fourth-order valence-corrected chi connectivity index (χ4v) is 5.25. The number of sulfone groups is 1. The van der Waals surface area contributed by atoms with Crippen LogP contribution in [0.3, 0.4) is 0 Å². The molecule has 0 saturated carbocycles. The zero-order chi connectivity index (χ0) is 25.2. The molecule has 2 aromatic heterocycles. The molecule has 1 unspecified atom stereocenters. The van der Waals surface area contributed by atoms with E-state index in [1.165, 1.54) is 6.20 Å². The number of aromatic amines is 1. The molecular weight excluding hydrogens is 480 g/mol. The maximum Gasteiger partial charge on any atom is 0.339 e. The van der Waals surface area contributed by atoms with Gasteiger partial charge < -0.3 is 31.2 Å². The summed E-state index contributed by atoms with van der Waals surface area (Å²) in [6, 6.07) is 5.09. The highest BCUT2D eigenvalue weighted by molar-refractivity contribution is 7.91. The van der Waals surface area contributed by atoms with Crippen molar-refractivity contribution in [2.24, 2.45) is 5.73 Å². The largest absolute Gasteiger partial charge is 0.482 e. The van der Waals surface area contributed by atoms with E-state index >= 15 is 0 Å². The smallest absolute Gasteiger partial charge is 0.339 e. The van der Waals surface area contributed by atoms with Crippen molar-refractivity contribution in [1.29, 1.82) is 0 Å². The maximum absolute atomic E-state index is 12.5. The molecule has 2 amide bonds. The van der Waals surface area contributed by atoms with Gasteiger partial charge in [-0.2, -0.15) is 0 Å². The number of anilines is 1. The number of ether oxygens (including phenoxy) is 1. The maximum atomic E-state index is 12.5. The zero-order valence-electron chi connectivity index (χ0n) is 18.3. The average Bonchev–Trinajstić information content (AvgIpc) is 3.39. The summed E-state index contributed by atoms with van der Waals surface area (Å²) in [4.78, 5) is 45.7. The number of carbonyl (C=O) groups is 3. The first kappa shape index (κ1) is 24.1. The summed E-state index contributed by atoms with van der Waals surface area (Å²) in [7, 11) is -2.72. The lowest BCUT2D eigenvalue weighted by molar-refractivity contribution is -0.118. The lowest BCUT2D eigenvalue weighted by atomic mass is 10.1. The summed E-state index contributed by atoms with van der Waals surface area (Å²) in [6.45, 7) is 0.154. The Morgan fingerprint density at radius 1 is 1.29 bits per heavy atom. The summed E-state index contributed by atoms with van der Waals surface area (Å²) in [5, 5.41) is 14.6. The average molecular weight is 503 g/mol. The third kappa shape index (κ3) is 5.55. The highest BCUT2D eigenvalue weighted by Gasteiger charge is 2.24. The molecule has 0 radical (unpaired) electrons. The number of nitrogens with one attached hydrogen (secondary N) is 3. The molecule has 35 heavy (non-hydrogen) atoms. The predicted molar refractivity (Wildman–Crippen MR) is 124 cm³/mol. The van der Waals surface area contributed by atoms with Crippen molar-refractivity contribution in [3.63, 3.8) is 0 Å². The number of carbonyl (C=O) groups excluding carboxylic acids is 2. The summed E-state index contributed by atoms with van der Waals surface area (Å²) in [5.74, 6) is -0.840. The highest BCUT2D eigenvalue weighted by atomic mass is 32.2. The Kier molecular flexibility index (Phi) is 6.66. The number of aromatic nitrogens is 3. The monoisotopic (exact) mass is 502 g/mol. The van der Waals surface area contributed by atoms with Gasteiger partial charge in [-0.15, -0.1) is 0 Å². The standard InChI is InChI=1S/C17H13N5O5.C4H9NO2S/c23-12-6-27-11-2-1-8(3-10(11)22-12)4-19-16(24)15-14-13(20-7-21-15)9(5-18-14)17(25)26;5-4-1-2-8(6,7)3-4/h1-3,5,7,18H,4,6H2,(H,19,24)(H,22,23)(H,25,26);4H,1-3,5H2. The van der Waals surface area contributed by atoms with Crippen LogP contribution >= 0.6 is 0 Å². The Morgan fingerprint density at radius 2 is 2.09 bits per heavy atom. The first-order valence-electron chi connectivity index (χ1n) is 10.5. The van der Waals surface area contributed by atoms with E-state index in [2.05, 4.69) is 25.6 Å². The molecule has 14 heteroatoms. The topological polar surface area (TPSA) is 206 Å². The number of carboxylic acid groups (broad SMARTS) is 1. The predicted octanol–water partition coefficient (Wildman–Crippen LogP) is 0.0492. The molecule has 13 nitrogen and oxygen atoms in total. The van der Waals surface area contributed by atoms with Gasteiger partial charge in [0.2, 0.25) is 0 Å². The van der Waals surface area contributed by atoms with Gasteiger partial charge in [-0.05, 0) is 24.1 Å². The van der Waals surface area contributed by atoms with E-state index < -0.39 is 21.7 Å². The van der Waals surface area contributed by atoms with Gasteiger partial charge >= 0.3 is 5.97 Å². The fourth-order valence-electron chi connectivity index (χ4n) is 3.60. The van der Waals surface area contributed by atoms with Gasteiger partial charge in [0.25, 0.3) is 11.8 Å². The van der Waals surface area contributed by atoms with Crippen molar-refractivity contribution in [3.05, 3.63) is 47.5 Å². The summed E-state index contributed by atoms with van der Waals surface area (Å²) in [5.41, 5.74) is 7.04. The lowest BCUT2D eigenvalue weighted by Gasteiger charge is -2.18. The number of H-pyrrole nitrogens is 1. The minimum Gasteiger partial charge on any atom is -0.482 e. The van der Waals surface area contributed by atoms with E-state index in [9.17, 15) is 22.8 Å². The Hall–Kier alpha value is -4.04. The molecule has 0 bridgehead atoms. The molecule has 2 aliphatic rings. The molecule has 0 aliphatic carbocycles. The van der Waals surface area contributed by atoms with Crippen molar-refractivity contribution in [2.45, 2.75) is 19.0 Å². The van der Waals surface area contributed by atoms with Gasteiger partial charge in [-0.25, -0.2) is 23.2 Å². The third-order valence-corrected chi connectivity index (χ3v) is 7.10. The molecule has 5 rings (SSSR count). The normalized spacial score (nSPS) is 18.0. The first-order valence-corrected chi connectivity index (χ1v) is 12.3. The van der Waals surface area contributed by atoms with Crippen LogP contribution in [0, 0.1) is 0 Å². The van der Waals surface area contributed by atoms with Crippen LogP contribution in [0.2, 0.25) is 0 Å². The molecule has 1 saturated heterocycles. The molecule has 2 aliphatic heterocycles. The number of hydrogen-bond donors (Lipinski definition) is 5. The number of aromatic carboxylic acids is 1. The molecule has 1 aromatic carbocycles. The Labute approximate surface area is 199 Å².